The van der Waals surface area contributed by atoms with E-state index in [0.717, 1.165) is 65.6 Å². The lowest BCUT2D eigenvalue weighted by Gasteiger charge is -2.43. The Kier molecular flexibility index (Phi) is 3.63. The summed E-state index contributed by atoms with van der Waals surface area (Å²) >= 11 is 0. The van der Waals surface area contributed by atoms with Gasteiger partial charge in [-0.05, 0) is 6.42 Å². The van der Waals surface area contributed by atoms with Crippen molar-refractivity contribution in [3.05, 3.63) is 0 Å². The normalized spacial score (nSPS) is 36.0. The first kappa shape index (κ1) is 11.9. The molecule has 5 heteroatoms. The van der Waals surface area contributed by atoms with E-state index in [-0.39, 0.29) is 11.8 Å². The van der Waals surface area contributed by atoms with Crippen LogP contribution in [0.25, 0.3) is 0 Å². The van der Waals surface area contributed by atoms with Gasteiger partial charge in [0.05, 0.1) is 38.6 Å². The Morgan fingerprint density at radius 1 is 1.00 bits per heavy atom. The van der Waals surface area contributed by atoms with E-state index in [0.29, 0.717) is 0 Å². The summed E-state index contributed by atoms with van der Waals surface area (Å²) in [4.78, 5) is 2.51. The van der Waals surface area contributed by atoms with Crippen LogP contribution in [0.3, 0.4) is 0 Å². The maximum absolute atomic E-state index is 5.63. The molecule has 0 aromatic rings. The number of hydrogen-bond donors (Lipinski definition) is 0. The highest BCUT2D eigenvalue weighted by Gasteiger charge is 2.43. The van der Waals surface area contributed by atoms with Crippen LogP contribution in [0.4, 0.5) is 0 Å². The van der Waals surface area contributed by atoms with Crippen molar-refractivity contribution in [3.63, 3.8) is 0 Å². The van der Waals surface area contributed by atoms with Crippen molar-refractivity contribution in [1.82, 2.24) is 4.90 Å². The predicted octanol–water partition coefficient (Wildman–Crippen LogP) is 0.241. The molecule has 0 aliphatic carbocycles. The van der Waals surface area contributed by atoms with Crippen LogP contribution < -0.4 is 0 Å². The summed E-state index contributed by atoms with van der Waals surface area (Å²) in [6.07, 6.45) is 2.03. The molecule has 0 amide bonds. The molecule has 98 valence electrons. The molecule has 0 saturated carbocycles. The molecule has 0 radical (unpaired) electrons. The van der Waals surface area contributed by atoms with Gasteiger partial charge in [0.15, 0.2) is 6.29 Å². The quantitative estimate of drug-likeness (QED) is 0.710. The minimum Gasteiger partial charge on any atom is -0.379 e. The summed E-state index contributed by atoms with van der Waals surface area (Å²) in [7, 11) is 0. The number of nitrogens with zero attached hydrogens (tertiary/aromatic N) is 1. The van der Waals surface area contributed by atoms with E-state index in [1.165, 1.54) is 0 Å². The highest BCUT2D eigenvalue weighted by atomic mass is 16.7. The van der Waals surface area contributed by atoms with Crippen LogP contribution in [0.5, 0.6) is 0 Å². The van der Waals surface area contributed by atoms with Crippen molar-refractivity contribution < 1.29 is 18.9 Å². The van der Waals surface area contributed by atoms with Crippen molar-refractivity contribution in [2.75, 3.05) is 52.7 Å². The van der Waals surface area contributed by atoms with Crippen molar-refractivity contribution >= 4 is 0 Å². The molecular formula is C12H21NO4. The zero-order valence-corrected chi connectivity index (χ0v) is 10.2. The van der Waals surface area contributed by atoms with Gasteiger partial charge in [0.25, 0.3) is 0 Å². The van der Waals surface area contributed by atoms with Gasteiger partial charge in [-0.25, -0.2) is 0 Å². The monoisotopic (exact) mass is 243 g/mol. The molecule has 1 spiro atoms. The molecule has 3 aliphatic rings. The lowest BCUT2D eigenvalue weighted by molar-refractivity contribution is -0.0928. The maximum atomic E-state index is 5.63. The van der Waals surface area contributed by atoms with Gasteiger partial charge in [-0.15, -0.1) is 0 Å². The molecule has 5 nitrogen and oxygen atoms in total. The van der Waals surface area contributed by atoms with Crippen LogP contribution >= 0.6 is 0 Å². The van der Waals surface area contributed by atoms with E-state index in [1.807, 2.05) is 0 Å². The summed E-state index contributed by atoms with van der Waals surface area (Å²) in [5.74, 6) is 0. The SMILES string of the molecule is C1CN(CCC2OCCO2)[C@@]2(CCOC2)CO1. The fraction of sp³-hybridized carbons (Fsp3) is 1.00. The standard InChI is InChI=1S/C12H21NO4/c1(11-16-7-8-17-11)3-13-4-6-15-10-12(13)2-5-14-9-12/h11H,1-10H2/t12-/m1/s1. The Bertz CT molecular complexity index is 249. The average Bonchev–Trinajstić information content (AvgIpc) is 3.00. The topological polar surface area (TPSA) is 40.2 Å². The van der Waals surface area contributed by atoms with E-state index in [1.54, 1.807) is 0 Å². The van der Waals surface area contributed by atoms with Crippen LogP contribution in [-0.4, -0.2) is 69.5 Å². The number of hydrogen-bond acceptors (Lipinski definition) is 5. The van der Waals surface area contributed by atoms with Crippen molar-refractivity contribution in [3.8, 4) is 0 Å². The first-order chi connectivity index (χ1) is 8.39. The van der Waals surface area contributed by atoms with E-state index >= 15 is 0 Å². The molecule has 0 unspecified atom stereocenters. The van der Waals surface area contributed by atoms with E-state index in [9.17, 15) is 0 Å². The second-order valence-corrected chi connectivity index (χ2v) is 5.03. The largest absolute Gasteiger partial charge is 0.379 e. The molecule has 3 aliphatic heterocycles. The molecule has 1 atom stereocenters. The van der Waals surface area contributed by atoms with E-state index in [4.69, 9.17) is 18.9 Å². The minimum atomic E-state index is -0.00258. The van der Waals surface area contributed by atoms with Gasteiger partial charge in [-0.1, -0.05) is 0 Å². The smallest absolute Gasteiger partial charge is 0.159 e. The van der Waals surface area contributed by atoms with Gasteiger partial charge >= 0.3 is 0 Å². The second kappa shape index (κ2) is 5.20. The third-order valence-corrected chi connectivity index (χ3v) is 3.96. The van der Waals surface area contributed by atoms with E-state index < -0.39 is 0 Å². The lowest BCUT2D eigenvalue weighted by atomic mass is 9.95. The third kappa shape index (κ3) is 2.48. The molecule has 3 rings (SSSR count). The molecule has 0 aromatic heterocycles. The third-order valence-electron chi connectivity index (χ3n) is 3.96. The predicted molar refractivity (Wildman–Crippen MR) is 60.9 cm³/mol. The number of rotatable bonds is 3. The summed E-state index contributed by atoms with van der Waals surface area (Å²) in [5, 5.41) is 0. The molecule has 3 saturated heterocycles. The van der Waals surface area contributed by atoms with Crippen molar-refractivity contribution in [2.45, 2.75) is 24.7 Å². The van der Waals surface area contributed by atoms with Crippen LogP contribution in [0, 0.1) is 0 Å². The summed E-state index contributed by atoms with van der Waals surface area (Å²) in [6.45, 7) is 6.78. The van der Waals surface area contributed by atoms with Gasteiger partial charge in [-0.2, -0.15) is 0 Å². The highest BCUT2D eigenvalue weighted by Crippen LogP contribution is 2.29. The second-order valence-electron chi connectivity index (χ2n) is 5.03. The number of ether oxygens (including phenoxy) is 4. The maximum Gasteiger partial charge on any atom is 0.159 e. The fourth-order valence-corrected chi connectivity index (χ4v) is 2.91. The molecule has 0 bridgehead atoms. The van der Waals surface area contributed by atoms with E-state index in [2.05, 4.69) is 4.90 Å². The molecular weight excluding hydrogens is 222 g/mol. The summed E-state index contributed by atoms with van der Waals surface area (Å²) < 4.78 is 22.1. The Balaban J connectivity index is 1.55. The number of morpholine rings is 1. The Labute approximate surface area is 102 Å². The highest BCUT2D eigenvalue weighted by molar-refractivity contribution is 4.96. The van der Waals surface area contributed by atoms with Crippen molar-refractivity contribution in [1.29, 1.82) is 0 Å². The fourth-order valence-electron chi connectivity index (χ4n) is 2.91. The Hall–Kier alpha value is -0.200. The summed E-state index contributed by atoms with van der Waals surface area (Å²) in [5.41, 5.74) is 0.122. The molecule has 17 heavy (non-hydrogen) atoms. The van der Waals surface area contributed by atoms with Gasteiger partial charge in [0.2, 0.25) is 0 Å². The molecule has 3 heterocycles. The minimum absolute atomic E-state index is 0.00258. The van der Waals surface area contributed by atoms with Crippen LogP contribution in [-0.2, 0) is 18.9 Å². The van der Waals surface area contributed by atoms with Gasteiger partial charge in [0, 0.05) is 26.1 Å². The Morgan fingerprint density at radius 2 is 1.76 bits per heavy atom. The van der Waals surface area contributed by atoms with Crippen molar-refractivity contribution in [2.24, 2.45) is 0 Å². The van der Waals surface area contributed by atoms with Crippen LogP contribution in [0.1, 0.15) is 12.8 Å². The van der Waals surface area contributed by atoms with Gasteiger partial charge < -0.3 is 18.9 Å². The molecule has 3 fully saturated rings. The van der Waals surface area contributed by atoms with Gasteiger partial charge in [-0.3, -0.25) is 4.90 Å². The lowest BCUT2D eigenvalue weighted by Crippen LogP contribution is -2.57. The molecule has 0 aromatic carbocycles. The van der Waals surface area contributed by atoms with Crippen LogP contribution in [0.15, 0.2) is 0 Å². The van der Waals surface area contributed by atoms with Gasteiger partial charge in [0.1, 0.15) is 0 Å². The zero-order chi connectivity index (χ0) is 11.6. The first-order valence-electron chi connectivity index (χ1n) is 6.53. The zero-order valence-electron chi connectivity index (χ0n) is 10.2. The summed E-state index contributed by atoms with van der Waals surface area (Å²) in [6, 6.07) is 0. The molecule has 0 N–H and O–H groups in total. The average molecular weight is 243 g/mol. The van der Waals surface area contributed by atoms with Crippen LogP contribution in [0.2, 0.25) is 0 Å². The Morgan fingerprint density at radius 3 is 2.53 bits per heavy atom. The first-order valence-corrected chi connectivity index (χ1v) is 6.53.